The van der Waals surface area contributed by atoms with Crippen LogP contribution in [0.5, 0.6) is 0 Å². The fourth-order valence-electron chi connectivity index (χ4n) is 5.67. The summed E-state index contributed by atoms with van der Waals surface area (Å²) < 4.78 is 0. The molecule has 17 heavy (non-hydrogen) atoms. The summed E-state index contributed by atoms with van der Waals surface area (Å²) in [6.45, 7) is 4.59. The molecule has 1 N–H and O–H groups in total. The maximum Gasteiger partial charge on any atom is 0.0684 e. The molecule has 3 aliphatic carbocycles. The average Bonchev–Trinajstić information content (AvgIpc) is 2.86. The molecule has 3 aliphatic rings. The molecule has 6 atom stereocenters. The summed E-state index contributed by atoms with van der Waals surface area (Å²) in [4.78, 5) is 0. The molecule has 3 saturated carbocycles. The van der Waals surface area contributed by atoms with Gasteiger partial charge < -0.3 is 5.11 Å². The van der Waals surface area contributed by atoms with E-state index in [2.05, 4.69) is 13.8 Å². The van der Waals surface area contributed by atoms with Crippen molar-refractivity contribution in [3.63, 3.8) is 0 Å². The van der Waals surface area contributed by atoms with Crippen molar-refractivity contribution >= 4 is 0 Å². The van der Waals surface area contributed by atoms with Crippen molar-refractivity contribution in [1.82, 2.24) is 0 Å². The average molecular weight is 236 g/mol. The Balaban J connectivity index is 1.69. The van der Waals surface area contributed by atoms with E-state index in [0.29, 0.717) is 11.8 Å². The third kappa shape index (κ3) is 1.85. The quantitative estimate of drug-likeness (QED) is 0.782. The smallest absolute Gasteiger partial charge is 0.0684 e. The zero-order valence-corrected chi connectivity index (χ0v) is 11.5. The van der Waals surface area contributed by atoms with Gasteiger partial charge in [-0.15, -0.1) is 0 Å². The Morgan fingerprint density at radius 2 is 2.06 bits per heavy atom. The molecule has 0 heterocycles. The molecule has 0 aliphatic heterocycles. The molecular formula is C16H28O. The largest absolute Gasteiger partial charge is 0.390 e. The molecule has 98 valence electrons. The zero-order chi connectivity index (χ0) is 12.0. The lowest BCUT2D eigenvalue weighted by Gasteiger charge is -2.40. The number of fused-ring (bicyclic) bond motifs is 5. The highest BCUT2D eigenvalue weighted by molar-refractivity contribution is 5.10. The molecule has 0 aromatic heterocycles. The summed E-state index contributed by atoms with van der Waals surface area (Å²) >= 11 is 0. The van der Waals surface area contributed by atoms with Gasteiger partial charge in [0.15, 0.2) is 0 Å². The molecular weight excluding hydrogens is 208 g/mol. The second-order valence-electron chi connectivity index (χ2n) is 7.27. The summed E-state index contributed by atoms with van der Waals surface area (Å²) in [5, 5.41) is 11.0. The first kappa shape index (κ1) is 12.0. The molecule has 0 saturated heterocycles. The molecule has 3 rings (SSSR count). The molecule has 0 amide bonds. The summed E-state index contributed by atoms with van der Waals surface area (Å²) in [5.74, 6) is 4.16. The minimum atomic E-state index is -0.273. The standard InChI is InChI=1S/C16H28O/c1-3-5-11(2)9-16(17)10-12-8-15(16)14-7-4-6-13(12)14/h11-15,17H,3-10H2,1-2H3. The summed E-state index contributed by atoms with van der Waals surface area (Å²) in [5.41, 5.74) is -0.273. The minimum absolute atomic E-state index is 0.273. The van der Waals surface area contributed by atoms with Crippen molar-refractivity contribution in [2.75, 3.05) is 0 Å². The summed E-state index contributed by atoms with van der Waals surface area (Å²) in [7, 11) is 0. The lowest BCUT2D eigenvalue weighted by molar-refractivity contribution is -0.0620. The number of hydrogen-bond donors (Lipinski definition) is 1. The van der Waals surface area contributed by atoms with Gasteiger partial charge in [-0.05, 0) is 61.7 Å². The fourth-order valence-corrected chi connectivity index (χ4v) is 5.67. The van der Waals surface area contributed by atoms with Gasteiger partial charge in [0.1, 0.15) is 0 Å². The van der Waals surface area contributed by atoms with Crippen molar-refractivity contribution in [2.24, 2.45) is 29.6 Å². The van der Waals surface area contributed by atoms with Gasteiger partial charge in [-0.2, -0.15) is 0 Å². The van der Waals surface area contributed by atoms with E-state index in [4.69, 9.17) is 0 Å². The lowest BCUT2D eigenvalue weighted by Crippen LogP contribution is -2.42. The van der Waals surface area contributed by atoms with E-state index < -0.39 is 0 Å². The van der Waals surface area contributed by atoms with Crippen molar-refractivity contribution < 1.29 is 5.11 Å². The molecule has 1 heteroatoms. The lowest BCUT2D eigenvalue weighted by atomic mass is 9.69. The summed E-state index contributed by atoms with van der Waals surface area (Å²) in [6.07, 6.45) is 10.4. The van der Waals surface area contributed by atoms with Crippen LogP contribution >= 0.6 is 0 Å². The van der Waals surface area contributed by atoms with Gasteiger partial charge in [-0.1, -0.05) is 33.1 Å². The van der Waals surface area contributed by atoms with E-state index in [1.54, 1.807) is 0 Å². The SMILES string of the molecule is CCCC(C)CC1(O)CC2CC1C1CCCC21. The maximum atomic E-state index is 11.0. The molecule has 0 radical (unpaired) electrons. The van der Waals surface area contributed by atoms with Gasteiger partial charge in [-0.25, -0.2) is 0 Å². The monoisotopic (exact) mass is 236 g/mol. The van der Waals surface area contributed by atoms with Crippen LogP contribution in [0.15, 0.2) is 0 Å². The second-order valence-corrected chi connectivity index (χ2v) is 7.27. The minimum Gasteiger partial charge on any atom is -0.390 e. The highest BCUT2D eigenvalue weighted by Crippen LogP contribution is 2.63. The van der Waals surface area contributed by atoms with Gasteiger partial charge in [0, 0.05) is 0 Å². The van der Waals surface area contributed by atoms with Crippen LogP contribution in [-0.4, -0.2) is 10.7 Å². The fraction of sp³-hybridized carbons (Fsp3) is 1.00. The van der Waals surface area contributed by atoms with Gasteiger partial charge in [-0.3, -0.25) is 0 Å². The Morgan fingerprint density at radius 1 is 1.29 bits per heavy atom. The number of hydrogen-bond acceptors (Lipinski definition) is 1. The highest BCUT2D eigenvalue weighted by atomic mass is 16.3. The van der Waals surface area contributed by atoms with Crippen molar-refractivity contribution in [3.8, 4) is 0 Å². The van der Waals surface area contributed by atoms with E-state index in [-0.39, 0.29) is 5.60 Å². The van der Waals surface area contributed by atoms with Crippen LogP contribution in [-0.2, 0) is 0 Å². The van der Waals surface area contributed by atoms with E-state index >= 15 is 0 Å². The van der Waals surface area contributed by atoms with Crippen LogP contribution in [0.4, 0.5) is 0 Å². The van der Waals surface area contributed by atoms with Crippen LogP contribution in [0.2, 0.25) is 0 Å². The Kier molecular flexibility index (Phi) is 3.01. The molecule has 2 bridgehead atoms. The number of aliphatic hydroxyl groups is 1. The third-order valence-electron chi connectivity index (χ3n) is 6.09. The molecule has 0 aromatic carbocycles. The normalized spacial score (nSPS) is 49.6. The third-order valence-corrected chi connectivity index (χ3v) is 6.09. The van der Waals surface area contributed by atoms with Crippen molar-refractivity contribution in [3.05, 3.63) is 0 Å². The van der Waals surface area contributed by atoms with Gasteiger partial charge >= 0.3 is 0 Å². The maximum absolute atomic E-state index is 11.0. The van der Waals surface area contributed by atoms with Gasteiger partial charge in [0.05, 0.1) is 5.60 Å². The van der Waals surface area contributed by atoms with Crippen molar-refractivity contribution in [1.29, 1.82) is 0 Å². The highest BCUT2D eigenvalue weighted by Gasteiger charge is 2.60. The van der Waals surface area contributed by atoms with Crippen molar-refractivity contribution in [2.45, 2.75) is 70.8 Å². The Bertz CT molecular complexity index is 287. The van der Waals surface area contributed by atoms with Crippen LogP contribution in [0.3, 0.4) is 0 Å². The first-order valence-electron chi connectivity index (χ1n) is 7.86. The number of rotatable bonds is 4. The Labute approximate surface area is 106 Å². The van der Waals surface area contributed by atoms with Crippen LogP contribution in [0, 0.1) is 29.6 Å². The molecule has 3 fully saturated rings. The van der Waals surface area contributed by atoms with E-state index in [0.717, 1.165) is 30.6 Å². The molecule has 0 spiro atoms. The Hall–Kier alpha value is -0.0400. The van der Waals surface area contributed by atoms with E-state index in [9.17, 15) is 5.11 Å². The van der Waals surface area contributed by atoms with Crippen LogP contribution in [0.1, 0.15) is 65.2 Å². The predicted octanol–water partition coefficient (Wildman–Crippen LogP) is 4.00. The van der Waals surface area contributed by atoms with E-state index in [1.165, 1.54) is 38.5 Å². The van der Waals surface area contributed by atoms with Gasteiger partial charge in [0.2, 0.25) is 0 Å². The molecule has 1 nitrogen and oxygen atoms in total. The van der Waals surface area contributed by atoms with Crippen LogP contribution < -0.4 is 0 Å². The second kappa shape index (κ2) is 4.26. The predicted molar refractivity (Wildman–Crippen MR) is 70.7 cm³/mol. The summed E-state index contributed by atoms with van der Waals surface area (Å²) in [6, 6.07) is 0. The first-order chi connectivity index (χ1) is 8.14. The van der Waals surface area contributed by atoms with Crippen LogP contribution in [0.25, 0.3) is 0 Å². The molecule has 0 aromatic rings. The Morgan fingerprint density at radius 3 is 2.82 bits per heavy atom. The van der Waals surface area contributed by atoms with E-state index in [1.807, 2.05) is 0 Å². The van der Waals surface area contributed by atoms with Gasteiger partial charge in [0.25, 0.3) is 0 Å². The topological polar surface area (TPSA) is 20.2 Å². The first-order valence-corrected chi connectivity index (χ1v) is 7.86. The molecule has 6 unspecified atom stereocenters. The zero-order valence-electron chi connectivity index (χ0n) is 11.5.